The molecule has 1 aliphatic rings. The summed E-state index contributed by atoms with van der Waals surface area (Å²) in [5, 5.41) is 19.7. The molecule has 1 aliphatic heterocycles. The lowest BCUT2D eigenvalue weighted by Crippen LogP contribution is -2.32. The second-order valence-corrected chi connectivity index (χ2v) is 7.38. The number of hydrogen-bond donors (Lipinski definition) is 2. The van der Waals surface area contributed by atoms with E-state index >= 15 is 0 Å². The number of fused-ring (bicyclic) bond motifs is 2. The van der Waals surface area contributed by atoms with Gasteiger partial charge >= 0.3 is 0 Å². The maximum atomic E-state index is 12.9. The maximum Gasteiger partial charge on any atom is 0.272 e. The zero-order valence-corrected chi connectivity index (χ0v) is 15.7. The lowest BCUT2D eigenvalue weighted by Gasteiger charge is -2.20. The fourth-order valence-electron chi connectivity index (χ4n) is 3.53. The van der Waals surface area contributed by atoms with Crippen LogP contribution in [0.2, 0.25) is 0 Å². The quantitative estimate of drug-likeness (QED) is 0.715. The summed E-state index contributed by atoms with van der Waals surface area (Å²) in [5.74, 6) is 2.03. The van der Waals surface area contributed by atoms with Gasteiger partial charge in [0.05, 0.1) is 11.6 Å². The molecule has 0 radical (unpaired) electrons. The first kappa shape index (κ1) is 17.7. The third-order valence-electron chi connectivity index (χ3n) is 4.82. The molecule has 1 amide bonds. The molecule has 0 fully saturated rings. The molecule has 3 aromatic heterocycles. The summed E-state index contributed by atoms with van der Waals surface area (Å²) < 4.78 is 3.86. The van der Waals surface area contributed by atoms with Crippen molar-refractivity contribution < 1.29 is 4.79 Å². The number of carbonyl (C=O) groups is 1. The van der Waals surface area contributed by atoms with Gasteiger partial charge in [0, 0.05) is 32.3 Å². The van der Waals surface area contributed by atoms with Crippen molar-refractivity contribution in [3.8, 4) is 0 Å². The fraction of sp³-hybridized carbons (Fsp3) is 0.474. The number of nitrogens with one attached hydrogen (secondary N) is 2. The molecule has 4 heterocycles. The average molecular weight is 367 g/mol. The minimum absolute atomic E-state index is 0.187. The van der Waals surface area contributed by atoms with Gasteiger partial charge in [-0.3, -0.25) is 4.79 Å². The van der Waals surface area contributed by atoms with Gasteiger partial charge < -0.3 is 15.2 Å². The van der Waals surface area contributed by atoms with Crippen LogP contribution in [-0.4, -0.2) is 43.4 Å². The van der Waals surface area contributed by atoms with Crippen molar-refractivity contribution in [2.75, 3.05) is 13.1 Å². The van der Waals surface area contributed by atoms with Crippen LogP contribution in [0.15, 0.2) is 30.5 Å². The molecular formula is C19H25N7O. The largest absolute Gasteiger partial charge is 0.341 e. The Morgan fingerprint density at radius 2 is 2.19 bits per heavy atom. The molecule has 0 spiro atoms. The first-order valence-electron chi connectivity index (χ1n) is 9.50. The van der Waals surface area contributed by atoms with Crippen LogP contribution in [-0.2, 0) is 13.0 Å². The second-order valence-electron chi connectivity index (χ2n) is 7.38. The van der Waals surface area contributed by atoms with Gasteiger partial charge in [-0.1, -0.05) is 19.9 Å². The first-order valence-corrected chi connectivity index (χ1v) is 9.50. The maximum absolute atomic E-state index is 12.9. The van der Waals surface area contributed by atoms with Gasteiger partial charge in [-0.25, -0.2) is 4.52 Å². The van der Waals surface area contributed by atoms with Crippen LogP contribution in [0.4, 0.5) is 0 Å². The topological polar surface area (TPSA) is 89.1 Å². The van der Waals surface area contributed by atoms with Gasteiger partial charge in [0.15, 0.2) is 11.5 Å². The average Bonchev–Trinajstić information content (AvgIpc) is 3.18. The van der Waals surface area contributed by atoms with Crippen molar-refractivity contribution in [3.05, 3.63) is 47.8 Å². The highest BCUT2D eigenvalue weighted by molar-refractivity contribution is 5.93. The molecule has 8 heteroatoms. The highest BCUT2D eigenvalue weighted by Crippen LogP contribution is 2.22. The van der Waals surface area contributed by atoms with E-state index in [0.29, 0.717) is 11.6 Å². The van der Waals surface area contributed by atoms with Gasteiger partial charge in [-0.2, -0.15) is 5.10 Å². The van der Waals surface area contributed by atoms with E-state index < -0.39 is 0 Å². The Kier molecular flexibility index (Phi) is 4.89. The minimum Gasteiger partial charge on any atom is -0.341 e. The van der Waals surface area contributed by atoms with Crippen LogP contribution in [0.25, 0.3) is 5.52 Å². The Hall–Kier alpha value is -2.74. The zero-order valence-electron chi connectivity index (χ0n) is 15.7. The Morgan fingerprint density at radius 1 is 1.30 bits per heavy atom. The smallest absolute Gasteiger partial charge is 0.272 e. The van der Waals surface area contributed by atoms with Gasteiger partial charge in [-0.05, 0) is 30.5 Å². The zero-order chi connectivity index (χ0) is 18.8. The molecule has 27 heavy (non-hydrogen) atoms. The molecular weight excluding hydrogens is 342 g/mol. The summed E-state index contributed by atoms with van der Waals surface area (Å²) in [6.07, 6.45) is 3.48. The fourth-order valence-corrected chi connectivity index (χ4v) is 3.53. The number of hydrogen-bond acceptors (Lipinski definition) is 5. The van der Waals surface area contributed by atoms with E-state index in [0.717, 1.165) is 49.6 Å². The number of nitrogens with zero attached hydrogens (tertiary/aromatic N) is 5. The van der Waals surface area contributed by atoms with Crippen molar-refractivity contribution in [2.24, 2.45) is 5.92 Å². The molecule has 0 bridgehead atoms. The molecule has 8 nitrogen and oxygen atoms in total. The van der Waals surface area contributed by atoms with E-state index in [2.05, 4.69) is 44.3 Å². The third kappa shape index (κ3) is 3.71. The predicted octanol–water partition coefficient (Wildman–Crippen LogP) is 1.59. The summed E-state index contributed by atoms with van der Waals surface area (Å²) in [6, 6.07) is 7.36. The summed E-state index contributed by atoms with van der Waals surface area (Å²) in [7, 11) is 0. The molecule has 2 N–H and O–H groups in total. The molecule has 4 rings (SSSR count). The molecule has 142 valence electrons. The van der Waals surface area contributed by atoms with Crippen molar-refractivity contribution in [2.45, 2.75) is 39.3 Å². The lowest BCUT2D eigenvalue weighted by molar-refractivity contribution is 0.0923. The Labute approximate surface area is 158 Å². The Morgan fingerprint density at radius 3 is 3.00 bits per heavy atom. The van der Waals surface area contributed by atoms with Crippen molar-refractivity contribution in [3.63, 3.8) is 0 Å². The van der Waals surface area contributed by atoms with Crippen LogP contribution in [0.5, 0.6) is 0 Å². The number of carbonyl (C=O) groups excluding carboxylic acids is 1. The van der Waals surface area contributed by atoms with Crippen molar-refractivity contribution in [1.29, 1.82) is 0 Å². The van der Waals surface area contributed by atoms with Crippen LogP contribution in [0, 0.1) is 5.92 Å². The number of aromatic nitrogens is 5. The number of pyridine rings is 1. The van der Waals surface area contributed by atoms with Crippen molar-refractivity contribution in [1.82, 2.24) is 35.0 Å². The first-order chi connectivity index (χ1) is 13.1. The predicted molar refractivity (Wildman–Crippen MR) is 101 cm³/mol. The van der Waals surface area contributed by atoms with Crippen LogP contribution < -0.4 is 10.6 Å². The van der Waals surface area contributed by atoms with Crippen LogP contribution in [0.3, 0.4) is 0 Å². The van der Waals surface area contributed by atoms with Crippen LogP contribution in [0.1, 0.15) is 48.4 Å². The standard InChI is InChI=1S/C19H25N7O/c1-13(2)11-15(18-23-22-17-6-7-20-8-10-25(17)18)21-19(27)16-12-14-5-3-4-9-26(14)24-16/h3-5,9,12-13,15,20H,6-8,10-11H2,1-2H3,(H,21,27)/t15-/m0/s1. The molecule has 0 aromatic carbocycles. The Balaban J connectivity index is 1.61. The van der Waals surface area contributed by atoms with Gasteiger partial charge in [0.25, 0.3) is 5.91 Å². The van der Waals surface area contributed by atoms with E-state index in [9.17, 15) is 4.79 Å². The van der Waals surface area contributed by atoms with Gasteiger partial charge in [0.1, 0.15) is 5.82 Å². The lowest BCUT2D eigenvalue weighted by atomic mass is 10.0. The van der Waals surface area contributed by atoms with E-state index in [4.69, 9.17) is 0 Å². The van der Waals surface area contributed by atoms with E-state index in [1.54, 1.807) is 10.6 Å². The second kappa shape index (κ2) is 7.48. The van der Waals surface area contributed by atoms with E-state index in [-0.39, 0.29) is 11.9 Å². The molecule has 0 unspecified atom stereocenters. The highest BCUT2D eigenvalue weighted by atomic mass is 16.2. The van der Waals surface area contributed by atoms with Gasteiger partial charge in [-0.15, -0.1) is 10.2 Å². The highest BCUT2D eigenvalue weighted by Gasteiger charge is 2.25. The molecule has 0 saturated carbocycles. The van der Waals surface area contributed by atoms with Crippen molar-refractivity contribution >= 4 is 11.4 Å². The summed E-state index contributed by atoms with van der Waals surface area (Å²) >= 11 is 0. The number of amides is 1. The number of rotatable bonds is 5. The summed E-state index contributed by atoms with van der Waals surface area (Å²) in [5.41, 5.74) is 1.30. The summed E-state index contributed by atoms with van der Waals surface area (Å²) in [6.45, 7) is 6.89. The summed E-state index contributed by atoms with van der Waals surface area (Å²) in [4.78, 5) is 12.9. The SMILES string of the molecule is CC(C)C[C@H](NC(=O)c1cc2ccccn2n1)c1nnc2n1CCNCC2. The van der Waals surface area contributed by atoms with Gasteiger partial charge in [0.2, 0.25) is 0 Å². The molecule has 0 aliphatic carbocycles. The molecule has 3 aromatic rings. The third-order valence-corrected chi connectivity index (χ3v) is 4.82. The normalized spacial score (nSPS) is 15.5. The minimum atomic E-state index is -0.193. The van der Waals surface area contributed by atoms with E-state index in [1.165, 1.54) is 0 Å². The molecule has 1 atom stereocenters. The van der Waals surface area contributed by atoms with E-state index in [1.807, 2.05) is 24.4 Å². The van der Waals surface area contributed by atoms with Crippen LogP contribution >= 0.6 is 0 Å². The molecule has 0 saturated heterocycles. The monoisotopic (exact) mass is 367 g/mol. The Bertz CT molecular complexity index is 910.